The zero-order valence-electron chi connectivity index (χ0n) is 10.6. The van der Waals surface area contributed by atoms with Crippen molar-refractivity contribution in [1.82, 2.24) is 0 Å². The minimum atomic E-state index is -1.01. The number of fused-ring (bicyclic) bond motifs is 1. The van der Waals surface area contributed by atoms with Gasteiger partial charge in [-0.15, -0.1) is 0 Å². The van der Waals surface area contributed by atoms with Crippen LogP contribution < -0.4 is 9.64 Å². The van der Waals surface area contributed by atoms with Crippen LogP contribution in [0, 0.1) is 6.92 Å². The van der Waals surface area contributed by atoms with Crippen molar-refractivity contribution in [3.8, 4) is 5.75 Å². The summed E-state index contributed by atoms with van der Waals surface area (Å²) in [5, 5.41) is 8.68. The van der Waals surface area contributed by atoms with Gasteiger partial charge in [-0.25, -0.2) is 0 Å². The van der Waals surface area contributed by atoms with Crippen molar-refractivity contribution in [2.24, 2.45) is 0 Å². The molecule has 6 heteroatoms. The molecule has 1 aliphatic heterocycles. The molecule has 1 aromatic rings. The molecule has 1 amide bonds. The molecule has 1 N–H and O–H groups in total. The molecule has 1 aliphatic rings. The number of hydrogen-bond donors (Lipinski definition) is 1. The van der Waals surface area contributed by atoms with Gasteiger partial charge in [0, 0.05) is 6.54 Å². The van der Waals surface area contributed by atoms with E-state index >= 15 is 0 Å². The third-order valence-corrected chi connectivity index (χ3v) is 3.01. The molecule has 6 nitrogen and oxygen atoms in total. The highest BCUT2D eigenvalue weighted by atomic mass is 16.5. The average Bonchev–Trinajstić information content (AvgIpc) is 2.61. The van der Waals surface area contributed by atoms with Crippen LogP contribution in [0.1, 0.15) is 22.3 Å². The standard InChI is InChI=1S/C13H13NO5/c1-7-5-8(19-2)6-9-11(7)14(4-3-10(15)16)13(18)12(9)17/h5-6H,3-4H2,1-2H3,(H,15,16). The van der Waals surface area contributed by atoms with Crippen molar-refractivity contribution < 1.29 is 24.2 Å². The number of Topliss-reactive ketones (excluding diaryl/α,β-unsaturated/α-hetero) is 1. The maximum atomic E-state index is 11.9. The number of aliphatic carboxylic acids is 1. The smallest absolute Gasteiger partial charge is 0.305 e. The lowest BCUT2D eigenvalue weighted by molar-refractivity contribution is -0.136. The lowest BCUT2D eigenvalue weighted by atomic mass is 10.1. The number of amides is 1. The number of methoxy groups -OCH3 is 1. The number of nitrogens with zero attached hydrogens (tertiary/aromatic N) is 1. The van der Waals surface area contributed by atoms with E-state index < -0.39 is 17.7 Å². The highest BCUT2D eigenvalue weighted by Gasteiger charge is 2.37. The van der Waals surface area contributed by atoms with Crippen LogP contribution in [0.4, 0.5) is 5.69 Å². The molecule has 0 aromatic heterocycles. The van der Waals surface area contributed by atoms with Crippen LogP contribution in [-0.2, 0) is 9.59 Å². The SMILES string of the molecule is COc1cc(C)c2c(c1)C(=O)C(=O)N2CCC(=O)O. The quantitative estimate of drug-likeness (QED) is 0.819. The molecule has 1 heterocycles. The number of benzene rings is 1. The van der Waals surface area contributed by atoms with Crippen LogP contribution in [0.2, 0.25) is 0 Å². The van der Waals surface area contributed by atoms with Gasteiger partial charge in [-0.2, -0.15) is 0 Å². The van der Waals surface area contributed by atoms with Crippen molar-refractivity contribution in [1.29, 1.82) is 0 Å². The summed E-state index contributed by atoms with van der Waals surface area (Å²) in [6.07, 6.45) is -0.204. The Hall–Kier alpha value is -2.37. The first-order chi connectivity index (χ1) is 8.95. The summed E-state index contributed by atoms with van der Waals surface area (Å²) in [5.74, 6) is -1.83. The molecule has 0 saturated carbocycles. The number of anilines is 1. The summed E-state index contributed by atoms with van der Waals surface area (Å²) in [6, 6.07) is 3.21. The van der Waals surface area contributed by atoms with Gasteiger partial charge in [0.2, 0.25) is 0 Å². The van der Waals surface area contributed by atoms with Gasteiger partial charge in [-0.1, -0.05) is 0 Å². The van der Waals surface area contributed by atoms with Crippen LogP contribution in [0.3, 0.4) is 0 Å². The first kappa shape index (κ1) is 13.1. The Balaban J connectivity index is 2.45. The van der Waals surface area contributed by atoms with Gasteiger partial charge in [-0.05, 0) is 24.6 Å². The molecule has 0 spiro atoms. The van der Waals surface area contributed by atoms with Crippen LogP contribution in [0.15, 0.2) is 12.1 Å². The van der Waals surface area contributed by atoms with Gasteiger partial charge < -0.3 is 14.7 Å². The van der Waals surface area contributed by atoms with E-state index in [4.69, 9.17) is 9.84 Å². The molecule has 1 aromatic carbocycles. The van der Waals surface area contributed by atoms with Gasteiger partial charge in [0.25, 0.3) is 11.7 Å². The minimum Gasteiger partial charge on any atom is -0.497 e. The average molecular weight is 263 g/mol. The molecule has 0 fully saturated rings. The van der Waals surface area contributed by atoms with E-state index in [1.54, 1.807) is 13.0 Å². The zero-order valence-corrected chi connectivity index (χ0v) is 10.6. The highest BCUT2D eigenvalue weighted by molar-refractivity contribution is 6.52. The Kier molecular flexibility index (Phi) is 3.25. The molecule has 0 unspecified atom stereocenters. The van der Waals surface area contributed by atoms with E-state index in [0.717, 1.165) is 0 Å². The second-order valence-corrected chi connectivity index (χ2v) is 4.27. The molecule has 0 atom stereocenters. The number of carboxylic acid groups (broad SMARTS) is 1. The molecule has 19 heavy (non-hydrogen) atoms. The van der Waals surface area contributed by atoms with Gasteiger partial charge in [-0.3, -0.25) is 14.4 Å². The number of hydrogen-bond acceptors (Lipinski definition) is 4. The Morgan fingerprint density at radius 1 is 1.37 bits per heavy atom. The molecule has 0 radical (unpaired) electrons. The first-order valence-corrected chi connectivity index (χ1v) is 5.72. The maximum absolute atomic E-state index is 11.9. The van der Waals surface area contributed by atoms with Crippen LogP contribution in [0.25, 0.3) is 0 Å². The third kappa shape index (κ3) is 2.16. The Labute approximate surface area is 109 Å². The Morgan fingerprint density at radius 2 is 2.05 bits per heavy atom. The Bertz CT molecular complexity index is 579. The van der Waals surface area contributed by atoms with Crippen LogP contribution in [0.5, 0.6) is 5.75 Å². The van der Waals surface area contributed by atoms with Gasteiger partial charge >= 0.3 is 5.97 Å². The van der Waals surface area contributed by atoms with Crippen molar-refractivity contribution in [2.45, 2.75) is 13.3 Å². The predicted octanol–water partition coefficient (Wildman–Crippen LogP) is 1.01. The number of carboxylic acids is 1. The normalized spacial score (nSPS) is 13.7. The van der Waals surface area contributed by atoms with E-state index in [-0.39, 0.29) is 18.5 Å². The second kappa shape index (κ2) is 4.72. The molecular formula is C13H13NO5. The van der Waals surface area contributed by atoms with Crippen molar-refractivity contribution in [3.63, 3.8) is 0 Å². The topological polar surface area (TPSA) is 83.9 Å². The summed E-state index contributed by atoms with van der Waals surface area (Å²) in [4.78, 5) is 35.6. The molecular weight excluding hydrogens is 250 g/mol. The number of aryl methyl sites for hydroxylation is 1. The monoisotopic (exact) mass is 263 g/mol. The fourth-order valence-corrected chi connectivity index (χ4v) is 2.16. The van der Waals surface area contributed by atoms with Gasteiger partial charge in [0.1, 0.15) is 5.75 Å². The minimum absolute atomic E-state index is 0.0138. The second-order valence-electron chi connectivity index (χ2n) is 4.27. The number of rotatable bonds is 4. The number of ether oxygens (including phenoxy) is 1. The largest absolute Gasteiger partial charge is 0.497 e. The summed E-state index contributed by atoms with van der Waals surface area (Å²) in [7, 11) is 1.48. The Morgan fingerprint density at radius 3 is 2.63 bits per heavy atom. The molecule has 100 valence electrons. The molecule has 0 saturated heterocycles. The number of carbonyl (C=O) groups excluding carboxylic acids is 2. The summed E-state index contributed by atoms with van der Waals surface area (Å²) >= 11 is 0. The van der Waals surface area contributed by atoms with Crippen molar-refractivity contribution >= 4 is 23.3 Å². The fraction of sp³-hybridized carbons (Fsp3) is 0.308. The zero-order chi connectivity index (χ0) is 14.2. The molecule has 0 aliphatic carbocycles. The van der Waals surface area contributed by atoms with Gasteiger partial charge in [0.05, 0.1) is 24.8 Å². The summed E-state index contributed by atoms with van der Waals surface area (Å²) < 4.78 is 5.06. The summed E-state index contributed by atoms with van der Waals surface area (Å²) in [5.41, 5.74) is 1.46. The van der Waals surface area contributed by atoms with E-state index in [1.165, 1.54) is 18.1 Å². The molecule has 0 bridgehead atoms. The highest BCUT2D eigenvalue weighted by Crippen LogP contribution is 2.35. The number of carbonyl (C=O) groups is 3. The van der Waals surface area contributed by atoms with Crippen molar-refractivity contribution in [2.75, 3.05) is 18.6 Å². The first-order valence-electron chi connectivity index (χ1n) is 5.72. The van der Waals surface area contributed by atoms with Crippen LogP contribution in [-0.4, -0.2) is 36.4 Å². The van der Waals surface area contributed by atoms with Gasteiger partial charge in [0.15, 0.2) is 0 Å². The van der Waals surface area contributed by atoms with Crippen LogP contribution >= 0.6 is 0 Å². The summed E-state index contributed by atoms with van der Waals surface area (Å²) in [6.45, 7) is 1.74. The van der Waals surface area contributed by atoms with E-state index in [1.807, 2.05) is 0 Å². The lowest BCUT2D eigenvalue weighted by Gasteiger charge is -2.17. The van der Waals surface area contributed by atoms with E-state index in [0.29, 0.717) is 17.0 Å². The lowest BCUT2D eigenvalue weighted by Crippen LogP contribution is -2.32. The predicted molar refractivity (Wildman–Crippen MR) is 66.7 cm³/mol. The third-order valence-electron chi connectivity index (χ3n) is 3.01. The fourth-order valence-electron chi connectivity index (χ4n) is 2.16. The number of ketones is 1. The molecule has 2 rings (SSSR count). The van der Waals surface area contributed by atoms with Crippen molar-refractivity contribution in [3.05, 3.63) is 23.3 Å². The van der Waals surface area contributed by atoms with E-state index in [2.05, 4.69) is 0 Å². The maximum Gasteiger partial charge on any atom is 0.305 e. The van der Waals surface area contributed by atoms with E-state index in [9.17, 15) is 14.4 Å².